The number of rotatable bonds is 4. The number of likely N-dealkylation sites (tertiary alicyclic amines) is 1. The Morgan fingerprint density at radius 2 is 1.72 bits per heavy atom. The summed E-state index contributed by atoms with van der Waals surface area (Å²) in [6, 6.07) is 17.0. The van der Waals surface area contributed by atoms with Crippen LogP contribution in [0.15, 0.2) is 59.5 Å². The van der Waals surface area contributed by atoms with Gasteiger partial charge in [0.2, 0.25) is 10.0 Å². The maximum atomic E-state index is 12.8. The average Bonchev–Trinajstić information content (AvgIpc) is 2.54. The number of sulfonamides is 1. The third kappa shape index (κ3) is 2.69. The molecule has 2 aromatic rings. The molecule has 132 valence electrons. The van der Waals surface area contributed by atoms with Gasteiger partial charge in [-0.3, -0.25) is 4.90 Å². The van der Waals surface area contributed by atoms with E-state index in [2.05, 4.69) is 17.0 Å². The summed E-state index contributed by atoms with van der Waals surface area (Å²) in [7, 11) is -3.49. The van der Waals surface area contributed by atoms with Crippen molar-refractivity contribution < 1.29 is 13.5 Å². The number of aryl methyl sites for hydroxylation is 1. The molecule has 2 saturated heterocycles. The summed E-state index contributed by atoms with van der Waals surface area (Å²) < 4.78 is 27.0. The first-order chi connectivity index (χ1) is 11.9. The molecule has 0 saturated carbocycles. The van der Waals surface area contributed by atoms with Crippen molar-refractivity contribution in [3.8, 4) is 0 Å². The zero-order valence-corrected chi connectivity index (χ0v) is 15.0. The highest BCUT2D eigenvalue weighted by atomic mass is 32.2. The van der Waals surface area contributed by atoms with Gasteiger partial charge in [0.1, 0.15) is 0 Å². The van der Waals surface area contributed by atoms with E-state index < -0.39 is 21.7 Å². The number of nitrogens with zero attached hydrogens (tertiary/aromatic N) is 2. The van der Waals surface area contributed by atoms with Crippen molar-refractivity contribution in [2.75, 3.05) is 19.6 Å². The maximum absolute atomic E-state index is 12.8. The lowest BCUT2D eigenvalue weighted by Gasteiger charge is -2.64. The molecule has 5 nitrogen and oxygen atoms in total. The minimum absolute atomic E-state index is 0.316. The second kappa shape index (κ2) is 5.92. The third-order valence-electron chi connectivity index (χ3n) is 5.42. The first-order valence-electron chi connectivity index (χ1n) is 8.46. The normalized spacial score (nSPS) is 23.2. The largest absolute Gasteiger partial charge is 0.390 e. The molecule has 4 rings (SSSR count). The quantitative estimate of drug-likeness (QED) is 0.902. The van der Waals surface area contributed by atoms with E-state index >= 15 is 0 Å². The van der Waals surface area contributed by atoms with E-state index in [9.17, 15) is 13.5 Å². The molecule has 0 aliphatic carbocycles. The number of aliphatic hydroxyl groups is 1. The van der Waals surface area contributed by atoms with Crippen LogP contribution in [0.2, 0.25) is 0 Å². The summed E-state index contributed by atoms with van der Waals surface area (Å²) in [4.78, 5) is 2.50. The zero-order valence-electron chi connectivity index (χ0n) is 14.2. The SMILES string of the molecule is Cc1ccc(S(=O)(=O)N2CC3(C2)C(O)CN3Cc2ccccc2)cc1. The molecule has 2 aliphatic rings. The van der Waals surface area contributed by atoms with Gasteiger partial charge in [0, 0.05) is 26.2 Å². The Bertz CT molecular complexity index is 859. The molecule has 0 bridgehead atoms. The van der Waals surface area contributed by atoms with Crippen molar-refractivity contribution in [3.63, 3.8) is 0 Å². The number of benzene rings is 2. The summed E-state index contributed by atoms with van der Waals surface area (Å²) in [6.07, 6.45) is -0.472. The van der Waals surface area contributed by atoms with E-state index in [1.54, 1.807) is 12.1 Å². The smallest absolute Gasteiger partial charge is 0.243 e. The van der Waals surface area contributed by atoms with Gasteiger partial charge < -0.3 is 5.11 Å². The van der Waals surface area contributed by atoms with Crippen LogP contribution >= 0.6 is 0 Å². The van der Waals surface area contributed by atoms with E-state index in [0.717, 1.165) is 12.1 Å². The van der Waals surface area contributed by atoms with Crippen molar-refractivity contribution in [1.82, 2.24) is 9.21 Å². The Morgan fingerprint density at radius 1 is 1.08 bits per heavy atom. The van der Waals surface area contributed by atoms with E-state index in [0.29, 0.717) is 24.5 Å². The summed E-state index contributed by atoms with van der Waals surface area (Å²) in [5.74, 6) is 0. The van der Waals surface area contributed by atoms with Crippen molar-refractivity contribution in [2.45, 2.75) is 30.0 Å². The van der Waals surface area contributed by atoms with Crippen LogP contribution in [0.1, 0.15) is 11.1 Å². The summed E-state index contributed by atoms with van der Waals surface area (Å²) in [5, 5.41) is 10.3. The van der Waals surface area contributed by atoms with Gasteiger partial charge >= 0.3 is 0 Å². The molecule has 0 radical (unpaired) electrons. The van der Waals surface area contributed by atoms with Gasteiger partial charge in [0.05, 0.1) is 16.5 Å². The van der Waals surface area contributed by atoms with Crippen molar-refractivity contribution in [2.24, 2.45) is 0 Å². The summed E-state index contributed by atoms with van der Waals surface area (Å²) in [5.41, 5.74) is 1.77. The van der Waals surface area contributed by atoms with Crippen LogP contribution in [0.25, 0.3) is 0 Å². The van der Waals surface area contributed by atoms with Gasteiger partial charge in [-0.05, 0) is 24.6 Å². The minimum Gasteiger partial charge on any atom is -0.390 e. The molecule has 2 fully saturated rings. The highest BCUT2D eigenvalue weighted by Gasteiger charge is 2.62. The molecule has 0 amide bonds. The second-order valence-corrected chi connectivity index (χ2v) is 9.01. The maximum Gasteiger partial charge on any atom is 0.243 e. The van der Waals surface area contributed by atoms with Crippen LogP contribution in [-0.2, 0) is 16.6 Å². The molecule has 2 aliphatic heterocycles. The molecule has 1 atom stereocenters. The lowest BCUT2D eigenvalue weighted by atomic mass is 9.76. The Morgan fingerprint density at radius 3 is 2.32 bits per heavy atom. The van der Waals surface area contributed by atoms with Gasteiger partial charge in [-0.1, -0.05) is 48.0 Å². The standard InChI is InChI=1S/C19H22N2O3S/c1-15-7-9-17(10-8-15)25(23,24)21-13-19(14-21)18(22)12-20(19)11-16-5-3-2-4-6-16/h2-10,18,22H,11-14H2,1H3. The number of aliphatic hydroxyl groups excluding tert-OH is 1. The van der Waals surface area contributed by atoms with Gasteiger partial charge in [-0.2, -0.15) is 4.31 Å². The summed E-state index contributed by atoms with van der Waals surface area (Å²) >= 11 is 0. The van der Waals surface area contributed by atoms with Gasteiger partial charge in [-0.15, -0.1) is 0 Å². The van der Waals surface area contributed by atoms with Crippen LogP contribution in [0.4, 0.5) is 0 Å². The molecule has 1 N–H and O–H groups in total. The number of β-amino-alcohol motifs (C(OH)–C–C–N with tert-alkyl or cyclic N) is 1. The Balaban J connectivity index is 1.48. The van der Waals surface area contributed by atoms with E-state index in [1.807, 2.05) is 37.3 Å². The number of hydrogen-bond acceptors (Lipinski definition) is 4. The van der Waals surface area contributed by atoms with Crippen LogP contribution in [-0.4, -0.2) is 54.0 Å². The molecule has 6 heteroatoms. The Hall–Kier alpha value is -1.73. The summed E-state index contributed by atoms with van der Waals surface area (Å²) in [6.45, 7) is 3.94. The van der Waals surface area contributed by atoms with Crippen molar-refractivity contribution >= 4 is 10.0 Å². The molecular weight excluding hydrogens is 336 g/mol. The van der Waals surface area contributed by atoms with Gasteiger partial charge in [-0.25, -0.2) is 8.42 Å². The fourth-order valence-electron chi connectivity index (χ4n) is 3.69. The van der Waals surface area contributed by atoms with Crippen molar-refractivity contribution in [1.29, 1.82) is 0 Å². The zero-order chi connectivity index (χ0) is 17.7. The highest BCUT2D eigenvalue weighted by Crippen LogP contribution is 2.42. The lowest BCUT2D eigenvalue weighted by molar-refractivity contribution is -0.190. The molecule has 2 heterocycles. The monoisotopic (exact) mass is 358 g/mol. The van der Waals surface area contributed by atoms with E-state index in [-0.39, 0.29) is 0 Å². The predicted octanol–water partition coefficient (Wildman–Crippen LogP) is 1.61. The molecule has 0 aromatic heterocycles. The van der Waals surface area contributed by atoms with Crippen LogP contribution in [0.3, 0.4) is 0 Å². The van der Waals surface area contributed by atoms with Crippen molar-refractivity contribution in [3.05, 3.63) is 65.7 Å². The first kappa shape index (κ1) is 16.7. The van der Waals surface area contributed by atoms with Crippen LogP contribution in [0.5, 0.6) is 0 Å². The van der Waals surface area contributed by atoms with Gasteiger partial charge in [0.25, 0.3) is 0 Å². The van der Waals surface area contributed by atoms with Gasteiger partial charge in [0.15, 0.2) is 0 Å². The third-order valence-corrected chi connectivity index (χ3v) is 7.22. The van der Waals surface area contributed by atoms with E-state index in [1.165, 1.54) is 9.87 Å². The molecular formula is C19H22N2O3S. The topological polar surface area (TPSA) is 60.9 Å². The number of hydrogen-bond donors (Lipinski definition) is 1. The van der Waals surface area contributed by atoms with Crippen LogP contribution in [0, 0.1) is 6.92 Å². The fraction of sp³-hybridized carbons (Fsp3) is 0.368. The molecule has 25 heavy (non-hydrogen) atoms. The molecule has 1 spiro atoms. The Labute approximate surface area is 148 Å². The fourth-order valence-corrected chi connectivity index (χ4v) is 5.25. The second-order valence-electron chi connectivity index (χ2n) is 7.07. The van der Waals surface area contributed by atoms with Crippen LogP contribution < -0.4 is 0 Å². The molecule has 2 aromatic carbocycles. The van der Waals surface area contributed by atoms with E-state index in [4.69, 9.17) is 0 Å². The highest BCUT2D eigenvalue weighted by molar-refractivity contribution is 7.89. The average molecular weight is 358 g/mol. The molecule has 1 unspecified atom stereocenters. The Kier molecular flexibility index (Phi) is 3.96. The predicted molar refractivity (Wildman–Crippen MR) is 95.5 cm³/mol. The first-order valence-corrected chi connectivity index (χ1v) is 9.90. The lowest BCUT2D eigenvalue weighted by Crippen LogP contribution is -2.84. The minimum atomic E-state index is -3.49.